The molecule has 3 nitrogen and oxygen atoms in total. The molecule has 4 heteroatoms. The van der Waals surface area contributed by atoms with E-state index in [1.54, 1.807) is 24.3 Å². The molecule has 1 amide bonds. The normalized spacial score (nSPS) is 11.1. The molecule has 0 unspecified atom stereocenters. The van der Waals surface area contributed by atoms with Crippen LogP contribution < -0.4 is 10.1 Å². The molecule has 0 aliphatic rings. The Hall–Kier alpha value is -1.03. The van der Waals surface area contributed by atoms with Crippen LogP contribution in [0.15, 0.2) is 24.3 Å². The smallest absolute Gasteiger partial charge is 0.251 e. The fraction of sp³-hybridized carbons (Fsp3) is 0.462. The second-order valence-electron chi connectivity index (χ2n) is 4.77. The summed E-state index contributed by atoms with van der Waals surface area (Å²) in [5.41, 5.74) is 0.425. The number of hydrogen-bond acceptors (Lipinski definition) is 2. The van der Waals surface area contributed by atoms with Crippen molar-refractivity contribution in [2.75, 3.05) is 11.9 Å². The fourth-order valence-corrected chi connectivity index (χ4v) is 1.43. The number of nitrogens with one attached hydrogen (secondary N) is 1. The van der Waals surface area contributed by atoms with E-state index in [2.05, 4.69) is 21.2 Å². The molecule has 0 bridgehead atoms. The first-order valence-electron chi connectivity index (χ1n) is 5.54. The van der Waals surface area contributed by atoms with Crippen LogP contribution in [0, 0.1) is 0 Å². The van der Waals surface area contributed by atoms with Gasteiger partial charge in [-0.25, -0.2) is 0 Å². The predicted octanol–water partition coefficient (Wildman–Crippen LogP) is 2.99. The van der Waals surface area contributed by atoms with Crippen LogP contribution >= 0.6 is 15.9 Å². The molecule has 0 saturated carbocycles. The third-order valence-electron chi connectivity index (χ3n) is 1.95. The van der Waals surface area contributed by atoms with Gasteiger partial charge >= 0.3 is 0 Å². The van der Waals surface area contributed by atoms with Crippen LogP contribution in [-0.2, 0) is 0 Å². The summed E-state index contributed by atoms with van der Waals surface area (Å²) in [4.78, 5) is 11.8. The maximum absolute atomic E-state index is 11.8. The standard InChI is InChI=1S/C13H18BrNO2/c1-13(2,3)15-12(16)10-4-6-11(7-5-10)17-9-8-14/h4-7H,8-9H2,1-3H3,(H,15,16). The van der Waals surface area contributed by atoms with Gasteiger partial charge in [-0.15, -0.1) is 0 Å². The number of carbonyl (C=O) groups excluding carboxylic acids is 1. The maximum Gasteiger partial charge on any atom is 0.251 e. The van der Waals surface area contributed by atoms with Crippen molar-refractivity contribution in [1.29, 1.82) is 0 Å². The molecule has 0 saturated heterocycles. The summed E-state index contributed by atoms with van der Waals surface area (Å²) in [5, 5.41) is 3.70. The van der Waals surface area contributed by atoms with E-state index >= 15 is 0 Å². The lowest BCUT2D eigenvalue weighted by Crippen LogP contribution is -2.40. The number of carbonyl (C=O) groups is 1. The first-order chi connectivity index (χ1) is 7.92. The monoisotopic (exact) mass is 299 g/mol. The van der Waals surface area contributed by atoms with Crippen LogP contribution in [0.4, 0.5) is 0 Å². The predicted molar refractivity (Wildman–Crippen MR) is 73.0 cm³/mol. The third-order valence-corrected chi connectivity index (χ3v) is 2.27. The summed E-state index contributed by atoms with van der Waals surface area (Å²) >= 11 is 3.29. The zero-order valence-corrected chi connectivity index (χ0v) is 12.0. The van der Waals surface area contributed by atoms with Gasteiger partial charge in [0.2, 0.25) is 0 Å². The Morgan fingerprint density at radius 2 is 1.88 bits per heavy atom. The Morgan fingerprint density at radius 1 is 1.29 bits per heavy atom. The van der Waals surface area contributed by atoms with Crippen molar-refractivity contribution >= 4 is 21.8 Å². The second-order valence-corrected chi connectivity index (χ2v) is 5.56. The van der Waals surface area contributed by atoms with Gasteiger partial charge in [-0.1, -0.05) is 15.9 Å². The Labute approximate surface area is 111 Å². The van der Waals surface area contributed by atoms with E-state index in [9.17, 15) is 4.79 Å². The highest BCUT2D eigenvalue weighted by Crippen LogP contribution is 2.13. The highest BCUT2D eigenvalue weighted by Gasteiger charge is 2.14. The van der Waals surface area contributed by atoms with Crippen LogP contribution in [0.3, 0.4) is 0 Å². The lowest BCUT2D eigenvalue weighted by Gasteiger charge is -2.20. The minimum Gasteiger partial charge on any atom is -0.493 e. The van der Waals surface area contributed by atoms with Crippen molar-refractivity contribution in [3.05, 3.63) is 29.8 Å². The molecule has 0 heterocycles. The molecule has 94 valence electrons. The van der Waals surface area contributed by atoms with Gasteiger partial charge in [-0.3, -0.25) is 4.79 Å². The van der Waals surface area contributed by atoms with Crippen LogP contribution in [-0.4, -0.2) is 23.4 Å². The van der Waals surface area contributed by atoms with Crippen LogP contribution in [0.25, 0.3) is 0 Å². The van der Waals surface area contributed by atoms with Crippen molar-refractivity contribution < 1.29 is 9.53 Å². The first kappa shape index (κ1) is 14.0. The van der Waals surface area contributed by atoms with Gasteiger partial charge in [0.1, 0.15) is 5.75 Å². The van der Waals surface area contributed by atoms with Crippen LogP contribution in [0.5, 0.6) is 5.75 Å². The Morgan fingerprint density at radius 3 is 2.35 bits per heavy atom. The van der Waals surface area contributed by atoms with Gasteiger partial charge in [-0.05, 0) is 45.0 Å². The number of ether oxygens (including phenoxy) is 1. The molecule has 0 aromatic heterocycles. The highest BCUT2D eigenvalue weighted by atomic mass is 79.9. The first-order valence-corrected chi connectivity index (χ1v) is 6.66. The molecule has 0 aliphatic heterocycles. The molecular formula is C13H18BrNO2. The molecule has 1 rings (SSSR count). The minimum absolute atomic E-state index is 0.0652. The lowest BCUT2D eigenvalue weighted by molar-refractivity contribution is 0.0919. The molecule has 1 N–H and O–H groups in total. The van der Waals surface area contributed by atoms with Gasteiger partial charge in [0.15, 0.2) is 0 Å². The number of alkyl halides is 1. The van der Waals surface area contributed by atoms with Crippen LogP contribution in [0.2, 0.25) is 0 Å². The maximum atomic E-state index is 11.8. The van der Waals surface area contributed by atoms with Gasteiger partial charge in [0, 0.05) is 16.4 Å². The van der Waals surface area contributed by atoms with E-state index in [4.69, 9.17) is 4.74 Å². The van der Waals surface area contributed by atoms with E-state index in [1.165, 1.54) is 0 Å². The van der Waals surface area contributed by atoms with E-state index in [0.717, 1.165) is 11.1 Å². The third kappa shape index (κ3) is 5.22. The van der Waals surface area contributed by atoms with Gasteiger partial charge in [0.05, 0.1) is 6.61 Å². The molecule has 1 aromatic rings. The summed E-state index contributed by atoms with van der Waals surface area (Å²) in [6.07, 6.45) is 0. The number of hydrogen-bond donors (Lipinski definition) is 1. The lowest BCUT2D eigenvalue weighted by atomic mass is 10.1. The Kier molecular flexibility index (Phi) is 5.00. The number of benzene rings is 1. The van der Waals surface area contributed by atoms with Gasteiger partial charge in [0.25, 0.3) is 5.91 Å². The van der Waals surface area contributed by atoms with Gasteiger partial charge in [-0.2, -0.15) is 0 Å². The van der Waals surface area contributed by atoms with E-state index in [1.807, 2.05) is 20.8 Å². The molecule has 0 radical (unpaired) electrons. The second kappa shape index (κ2) is 6.05. The number of halogens is 1. The van der Waals surface area contributed by atoms with Crippen LogP contribution in [0.1, 0.15) is 31.1 Å². The fourth-order valence-electron chi connectivity index (χ4n) is 1.27. The summed E-state index contributed by atoms with van der Waals surface area (Å²) in [7, 11) is 0. The van der Waals surface area contributed by atoms with Crippen molar-refractivity contribution in [3.63, 3.8) is 0 Å². The molecule has 1 aromatic carbocycles. The molecule has 0 spiro atoms. The molecule has 0 fully saturated rings. The van der Waals surface area contributed by atoms with Gasteiger partial charge < -0.3 is 10.1 Å². The number of amides is 1. The quantitative estimate of drug-likeness (QED) is 0.868. The summed E-state index contributed by atoms with van der Waals surface area (Å²) < 4.78 is 5.41. The zero-order chi connectivity index (χ0) is 12.9. The van der Waals surface area contributed by atoms with Crippen molar-refractivity contribution in [3.8, 4) is 5.75 Å². The molecule has 17 heavy (non-hydrogen) atoms. The van der Waals surface area contributed by atoms with Crippen molar-refractivity contribution in [1.82, 2.24) is 5.32 Å². The molecule has 0 aliphatic carbocycles. The summed E-state index contributed by atoms with van der Waals surface area (Å²) in [6.45, 7) is 6.49. The van der Waals surface area contributed by atoms with E-state index in [-0.39, 0.29) is 11.4 Å². The Balaban J connectivity index is 2.64. The topological polar surface area (TPSA) is 38.3 Å². The average molecular weight is 300 g/mol. The van der Waals surface area contributed by atoms with Crippen molar-refractivity contribution in [2.45, 2.75) is 26.3 Å². The largest absolute Gasteiger partial charge is 0.493 e. The molecular weight excluding hydrogens is 282 g/mol. The molecule has 0 atom stereocenters. The Bertz CT molecular complexity index is 368. The highest BCUT2D eigenvalue weighted by molar-refractivity contribution is 9.09. The summed E-state index contributed by atoms with van der Waals surface area (Å²) in [6, 6.07) is 7.15. The SMILES string of the molecule is CC(C)(C)NC(=O)c1ccc(OCCBr)cc1. The van der Waals surface area contributed by atoms with Crippen molar-refractivity contribution in [2.24, 2.45) is 0 Å². The van der Waals surface area contributed by atoms with E-state index < -0.39 is 0 Å². The summed E-state index contributed by atoms with van der Waals surface area (Å²) in [5.74, 6) is 0.710. The zero-order valence-electron chi connectivity index (χ0n) is 10.4. The number of rotatable bonds is 4. The van der Waals surface area contributed by atoms with E-state index in [0.29, 0.717) is 12.2 Å². The average Bonchev–Trinajstić information content (AvgIpc) is 2.24. The minimum atomic E-state index is -0.220.